The van der Waals surface area contributed by atoms with E-state index in [4.69, 9.17) is 21.6 Å². The SMILES string of the molecule is Cc1ccc(S(=O)(=O)NC(=NC(C)C)N(c2nc(-c3ccc(Cl)cc3)cc3ccccc23)C(C)C)cc1. The largest absolute Gasteiger partial charge is 0.293 e. The normalized spacial score (nSPS) is 12.4. The van der Waals surface area contributed by atoms with E-state index in [9.17, 15) is 8.42 Å². The number of rotatable bonds is 6. The summed E-state index contributed by atoms with van der Waals surface area (Å²) in [5.74, 6) is 0.834. The molecule has 4 rings (SSSR count). The van der Waals surface area contributed by atoms with Crippen LogP contribution in [0, 0.1) is 6.92 Å². The minimum Gasteiger partial charge on any atom is -0.293 e. The Morgan fingerprint density at radius 3 is 2.22 bits per heavy atom. The molecular formula is C29H31ClN4O2S. The molecule has 3 aromatic carbocycles. The second-order valence-electron chi connectivity index (χ2n) is 9.49. The van der Waals surface area contributed by atoms with Crippen LogP contribution >= 0.6 is 11.6 Å². The van der Waals surface area contributed by atoms with Gasteiger partial charge in [-0.15, -0.1) is 0 Å². The number of hydrogen-bond acceptors (Lipinski definition) is 4. The Morgan fingerprint density at radius 1 is 0.946 bits per heavy atom. The number of aryl methyl sites for hydroxylation is 1. The molecule has 4 aromatic rings. The van der Waals surface area contributed by atoms with Crippen molar-refractivity contribution in [1.82, 2.24) is 9.71 Å². The number of sulfonamides is 1. The van der Waals surface area contributed by atoms with Crippen molar-refractivity contribution >= 4 is 44.2 Å². The van der Waals surface area contributed by atoms with Crippen molar-refractivity contribution in [2.45, 2.75) is 51.6 Å². The first-order valence-electron chi connectivity index (χ1n) is 12.2. The fourth-order valence-corrected chi connectivity index (χ4v) is 5.13. The third-order valence-electron chi connectivity index (χ3n) is 5.77. The smallest absolute Gasteiger partial charge is 0.264 e. The van der Waals surface area contributed by atoms with Gasteiger partial charge >= 0.3 is 0 Å². The third kappa shape index (κ3) is 6.12. The van der Waals surface area contributed by atoms with Crippen LogP contribution in [0.1, 0.15) is 33.3 Å². The molecule has 0 radical (unpaired) electrons. The second-order valence-corrected chi connectivity index (χ2v) is 11.6. The van der Waals surface area contributed by atoms with Crippen molar-refractivity contribution in [2.24, 2.45) is 4.99 Å². The second kappa shape index (κ2) is 10.9. The van der Waals surface area contributed by atoms with Crippen molar-refractivity contribution in [3.8, 4) is 11.3 Å². The summed E-state index contributed by atoms with van der Waals surface area (Å²) in [7, 11) is -3.89. The van der Waals surface area contributed by atoms with E-state index >= 15 is 0 Å². The fraction of sp³-hybridized carbons (Fsp3) is 0.241. The van der Waals surface area contributed by atoms with E-state index in [1.54, 1.807) is 24.3 Å². The monoisotopic (exact) mass is 534 g/mol. The van der Waals surface area contributed by atoms with E-state index in [2.05, 4.69) is 4.72 Å². The molecule has 0 bridgehead atoms. The zero-order valence-corrected chi connectivity index (χ0v) is 23.2. The summed E-state index contributed by atoms with van der Waals surface area (Å²) in [5.41, 5.74) is 2.64. The Kier molecular flexibility index (Phi) is 7.85. The molecule has 0 amide bonds. The number of aromatic nitrogens is 1. The predicted molar refractivity (Wildman–Crippen MR) is 154 cm³/mol. The van der Waals surface area contributed by atoms with E-state index in [0.717, 1.165) is 27.6 Å². The molecule has 0 aliphatic heterocycles. The first-order chi connectivity index (χ1) is 17.5. The van der Waals surface area contributed by atoms with Crippen molar-refractivity contribution < 1.29 is 8.42 Å². The van der Waals surface area contributed by atoms with E-state index in [1.807, 2.05) is 94.1 Å². The molecule has 0 fully saturated rings. The molecule has 0 aliphatic carbocycles. The van der Waals surface area contributed by atoms with Gasteiger partial charge in [-0.3, -0.25) is 4.90 Å². The van der Waals surface area contributed by atoms with E-state index in [-0.39, 0.29) is 22.9 Å². The van der Waals surface area contributed by atoms with Crippen molar-refractivity contribution in [3.63, 3.8) is 0 Å². The molecule has 0 saturated heterocycles. The molecule has 0 aliphatic rings. The van der Waals surface area contributed by atoms with Gasteiger partial charge in [-0.05, 0) is 70.3 Å². The lowest BCUT2D eigenvalue weighted by molar-refractivity contribution is 0.591. The first kappa shape index (κ1) is 26.6. The number of aliphatic imine (C=N–C) groups is 1. The fourth-order valence-electron chi connectivity index (χ4n) is 4.00. The number of hydrogen-bond donors (Lipinski definition) is 1. The van der Waals surface area contributed by atoms with Gasteiger partial charge in [0, 0.05) is 28.1 Å². The maximum atomic E-state index is 13.4. The van der Waals surface area contributed by atoms with Gasteiger partial charge < -0.3 is 0 Å². The zero-order valence-electron chi connectivity index (χ0n) is 21.6. The number of benzene rings is 3. The summed E-state index contributed by atoms with van der Waals surface area (Å²) in [4.78, 5) is 11.8. The Morgan fingerprint density at radius 2 is 1.59 bits per heavy atom. The lowest BCUT2D eigenvalue weighted by Crippen LogP contribution is -2.48. The number of nitrogens with one attached hydrogen (secondary N) is 1. The van der Waals surface area contributed by atoms with Crippen LogP contribution in [0.5, 0.6) is 0 Å². The summed E-state index contributed by atoms with van der Waals surface area (Å²) in [5, 5.41) is 2.51. The molecular weight excluding hydrogens is 504 g/mol. The van der Waals surface area contributed by atoms with E-state index in [1.165, 1.54) is 0 Å². The van der Waals surface area contributed by atoms with Crippen LogP contribution in [0.2, 0.25) is 5.02 Å². The number of nitrogens with zero attached hydrogens (tertiary/aromatic N) is 3. The van der Waals surface area contributed by atoms with Crippen LogP contribution in [0.3, 0.4) is 0 Å². The number of guanidine groups is 1. The van der Waals surface area contributed by atoms with Gasteiger partial charge in [-0.25, -0.2) is 23.1 Å². The minimum absolute atomic E-state index is 0.158. The highest BCUT2D eigenvalue weighted by atomic mass is 35.5. The molecule has 1 aromatic heterocycles. The van der Waals surface area contributed by atoms with Gasteiger partial charge in [0.1, 0.15) is 5.82 Å². The quantitative estimate of drug-likeness (QED) is 0.217. The zero-order chi connectivity index (χ0) is 26.7. The Bertz CT molecular complexity index is 1530. The maximum Gasteiger partial charge on any atom is 0.264 e. The summed E-state index contributed by atoms with van der Waals surface area (Å²) < 4.78 is 29.6. The molecule has 6 nitrogen and oxygen atoms in total. The van der Waals surface area contributed by atoms with E-state index in [0.29, 0.717) is 10.8 Å². The lowest BCUT2D eigenvalue weighted by atomic mass is 10.1. The van der Waals surface area contributed by atoms with Crippen molar-refractivity contribution in [2.75, 3.05) is 4.90 Å². The molecule has 0 atom stereocenters. The van der Waals surface area contributed by atoms with Gasteiger partial charge in [0.15, 0.2) is 0 Å². The molecule has 1 N–H and O–H groups in total. The van der Waals surface area contributed by atoms with Gasteiger partial charge in [0.05, 0.1) is 10.6 Å². The number of halogens is 1. The minimum atomic E-state index is -3.89. The highest BCUT2D eigenvalue weighted by Crippen LogP contribution is 2.32. The Labute approximate surface area is 224 Å². The molecule has 0 spiro atoms. The highest BCUT2D eigenvalue weighted by Gasteiger charge is 2.27. The number of fused-ring (bicyclic) bond motifs is 1. The Hall–Kier alpha value is -3.42. The average Bonchev–Trinajstić information content (AvgIpc) is 2.84. The molecule has 0 saturated carbocycles. The third-order valence-corrected chi connectivity index (χ3v) is 7.37. The standard InChI is InChI=1S/C29H31ClN4O2S/c1-19(2)31-29(33-37(35,36)25-16-10-21(5)11-17-25)34(20(3)4)28-26-9-7-6-8-23(26)18-27(32-28)22-12-14-24(30)15-13-22/h6-20H,1-5H3,(H,31,33). The van der Waals surface area contributed by atoms with Gasteiger partial charge in [0.2, 0.25) is 5.96 Å². The molecule has 0 unspecified atom stereocenters. The topological polar surface area (TPSA) is 74.7 Å². The lowest BCUT2D eigenvalue weighted by Gasteiger charge is -2.31. The molecule has 1 heterocycles. The van der Waals surface area contributed by atoms with Crippen LogP contribution in [-0.4, -0.2) is 31.4 Å². The summed E-state index contributed by atoms with van der Waals surface area (Å²) >= 11 is 6.12. The van der Waals surface area contributed by atoms with Gasteiger partial charge in [-0.1, -0.05) is 65.7 Å². The predicted octanol–water partition coefficient (Wildman–Crippen LogP) is 6.82. The van der Waals surface area contributed by atoms with Crippen LogP contribution in [0.4, 0.5) is 5.82 Å². The van der Waals surface area contributed by atoms with E-state index < -0.39 is 10.0 Å². The average molecular weight is 535 g/mol. The highest BCUT2D eigenvalue weighted by molar-refractivity contribution is 7.90. The summed E-state index contributed by atoms with van der Waals surface area (Å²) in [6, 6.07) is 23.9. The summed E-state index contributed by atoms with van der Waals surface area (Å²) in [6.07, 6.45) is 0. The summed E-state index contributed by atoms with van der Waals surface area (Å²) in [6.45, 7) is 9.71. The van der Waals surface area contributed by atoms with Crippen molar-refractivity contribution in [1.29, 1.82) is 0 Å². The van der Waals surface area contributed by atoms with Crippen LogP contribution < -0.4 is 9.62 Å². The molecule has 8 heteroatoms. The number of pyridine rings is 1. The van der Waals surface area contributed by atoms with Crippen LogP contribution in [-0.2, 0) is 10.0 Å². The number of anilines is 1. The molecule has 37 heavy (non-hydrogen) atoms. The maximum absolute atomic E-state index is 13.4. The van der Waals surface area contributed by atoms with Gasteiger partial charge in [0.25, 0.3) is 10.0 Å². The van der Waals surface area contributed by atoms with Gasteiger partial charge in [-0.2, -0.15) is 0 Å². The first-order valence-corrected chi connectivity index (χ1v) is 14.0. The van der Waals surface area contributed by atoms with Crippen LogP contribution in [0.25, 0.3) is 22.0 Å². The Balaban J connectivity index is 1.89. The van der Waals surface area contributed by atoms with Crippen molar-refractivity contribution in [3.05, 3.63) is 89.4 Å². The van der Waals surface area contributed by atoms with Crippen LogP contribution in [0.15, 0.2) is 88.8 Å². The molecule has 192 valence electrons.